The van der Waals surface area contributed by atoms with Crippen LogP contribution in [0.15, 0.2) is 14.9 Å². The molecule has 3 heterocycles. The summed E-state index contributed by atoms with van der Waals surface area (Å²) in [7, 11) is 0. The first kappa shape index (κ1) is 18.5. The number of carbonyl (C=O) groups is 3. The van der Waals surface area contributed by atoms with E-state index in [0.29, 0.717) is 73.0 Å². The third-order valence-corrected chi connectivity index (χ3v) is 5.63. The summed E-state index contributed by atoms with van der Waals surface area (Å²) in [4.78, 5) is 41.3. The monoisotopic (exact) mass is 384 g/mol. The highest BCUT2D eigenvalue weighted by Crippen LogP contribution is 2.30. The van der Waals surface area contributed by atoms with Crippen molar-refractivity contribution in [2.24, 2.45) is 0 Å². The minimum atomic E-state index is -0.206. The van der Waals surface area contributed by atoms with Crippen LogP contribution in [0.1, 0.15) is 67.0 Å². The predicted molar refractivity (Wildman–Crippen MR) is 101 cm³/mol. The van der Waals surface area contributed by atoms with Crippen molar-refractivity contribution >= 4 is 17.6 Å². The van der Waals surface area contributed by atoms with Crippen LogP contribution in [-0.2, 0) is 6.42 Å². The van der Waals surface area contributed by atoms with Crippen LogP contribution in [0.3, 0.4) is 0 Å². The van der Waals surface area contributed by atoms with Crippen LogP contribution in [0.5, 0.6) is 0 Å². The average Bonchev–Trinajstić information content (AvgIpc) is 3.20. The molecule has 1 fully saturated rings. The molecule has 0 bridgehead atoms. The van der Waals surface area contributed by atoms with Gasteiger partial charge < -0.3 is 18.6 Å². The van der Waals surface area contributed by atoms with Gasteiger partial charge in [-0.2, -0.15) is 0 Å². The van der Waals surface area contributed by atoms with Crippen molar-refractivity contribution in [3.63, 3.8) is 0 Å². The van der Waals surface area contributed by atoms with E-state index in [1.165, 1.54) is 0 Å². The van der Waals surface area contributed by atoms with Gasteiger partial charge in [0.15, 0.2) is 11.5 Å². The number of piperazine rings is 1. The zero-order valence-corrected chi connectivity index (χ0v) is 16.5. The van der Waals surface area contributed by atoms with Crippen LogP contribution in [0, 0.1) is 20.8 Å². The number of furan rings is 2. The Morgan fingerprint density at radius 1 is 0.929 bits per heavy atom. The molecule has 2 amide bonds. The van der Waals surface area contributed by atoms with E-state index in [9.17, 15) is 14.4 Å². The van der Waals surface area contributed by atoms with Gasteiger partial charge >= 0.3 is 0 Å². The largest absolute Gasteiger partial charge is 0.466 e. The van der Waals surface area contributed by atoms with E-state index >= 15 is 0 Å². The number of amides is 2. The number of rotatable bonds is 2. The van der Waals surface area contributed by atoms with Crippen LogP contribution >= 0.6 is 0 Å². The Balaban J connectivity index is 1.46. The van der Waals surface area contributed by atoms with Crippen molar-refractivity contribution in [3.8, 4) is 0 Å². The quantitative estimate of drug-likeness (QED) is 0.795. The minimum absolute atomic E-state index is 0.0581. The molecular weight excluding hydrogens is 360 g/mol. The van der Waals surface area contributed by atoms with E-state index in [4.69, 9.17) is 8.83 Å². The fourth-order valence-corrected chi connectivity index (χ4v) is 4.12. The molecule has 0 N–H and O–H groups in total. The van der Waals surface area contributed by atoms with Gasteiger partial charge in [-0.05, 0) is 33.3 Å². The minimum Gasteiger partial charge on any atom is -0.466 e. The molecule has 2 aliphatic rings. The second kappa shape index (κ2) is 6.96. The number of aryl methyl sites for hydroxylation is 3. The number of Topliss-reactive ketones (excluding diaryl/α,β-unsaturated/α-hetero) is 1. The lowest BCUT2D eigenvalue weighted by molar-refractivity contribution is 0.0515. The number of ketones is 1. The van der Waals surface area contributed by atoms with Crippen molar-refractivity contribution in [3.05, 3.63) is 45.8 Å². The molecule has 0 saturated carbocycles. The van der Waals surface area contributed by atoms with Crippen LogP contribution in [-0.4, -0.2) is 53.6 Å². The average molecular weight is 384 g/mol. The predicted octanol–water partition coefficient (Wildman–Crippen LogP) is 2.92. The molecule has 28 heavy (non-hydrogen) atoms. The molecule has 0 aromatic carbocycles. The van der Waals surface area contributed by atoms with Gasteiger partial charge in [0, 0.05) is 44.6 Å². The molecule has 0 atom stereocenters. The van der Waals surface area contributed by atoms with Crippen molar-refractivity contribution < 1.29 is 23.2 Å². The molecule has 0 spiro atoms. The molecular formula is C21H24N2O5. The Morgan fingerprint density at radius 3 is 2.14 bits per heavy atom. The van der Waals surface area contributed by atoms with Crippen molar-refractivity contribution in [2.45, 2.75) is 40.0 Å². The zero-order chi connectivity index (χ0) is 20.0. The summed E-state index contributed by atoms with van der Waals surface area (Å²) in [5, 5.41) is 0. The summed E-state index contributed by atoms with van der Waals surface area (Å²) in [6.45, 7) is 7.14. The number of nitrogens with zero attached hydrogens (tertiary/aromatic N) is 2. The number of hydrogen-bond donors (Lipinski definition) is 0. The first-order chi connectivity index (χ1) is 13.4. The van der Waals surface area contributed by atoms with Crippen LogP contribution < -0.4 is 0 Å². The molecule has 0 radical (unpaired) electrons. The van der Waals surface area contributed by atoms with Gasteiger partial charge in [-0.15, -0.1) is 0 Å². The van der Waals surface area contributed by atoms with Gasteiger partial charge in [0.25, 0.3) is 11.8 Å². The third-order valence-electron chi connectivity index (χ3n) is 5.63. The van der Waals surface area contributed by atoms with E-state index in [1.54, 1.807) is 29.7 Å². The topological polar surface area (TPSA) is 84.0 Å². The van der Waals surface area contributed by atoms with E-state index in [2.05, 4.69) is 0 Å². The van der Waals surface area contributed by atoms with Gasteiger partial charge in [-0.3, -0.25) is 14.4 Å². The molecule has 1 saturated heterocycles. The van der Waals surface area contributed by atoms with Crippen molar-refractivity contribution in [2.75, 3.05) is 26.2 Å². The maximum atomic E-state index is 13.0. The molecule has 7 heteroatoms. The molecule has 7 nitrogen and oxygen atoms in total. The van der Waals surface area contributed by atoms with E-state index in [-0.39, 0.29) is 23.4 Å². The maximum Gasteiger partial charge on any atom is 0.289 e. The van der Waals surface area contributed by atoms with E-state index in [1.807, 2.05) is 6.92 Å². The molecule has 148 valence electrons. The van der Waals surface area contributed by atoms with Crippen LogP contribution in [0.4, 0.5) is 0 Å². The fourth-order valence-electron chi connectivity index (χ4n) is 4.12. The lowest BCUT2D eigenvalue weighted by Crippen LogP contribution is -2.50. The normalized spacial score (nSPS) is 17.0. The first-order valence-electron chi connectivity index (χ1n) is 9.68. The second-order valence-corrected chi connectivity index (χ2v) is 7.54. The van der Waals surface area contributed by atoms with Gasteiger partial charge in [0.2, 0.25) is 0 Å². The maximum absolute atomic E-state index is 13.0. The molecule has 1 aliphatic heterocycles. The van der Waals surface area contributed by atoms with Crippen molar-refractivity contribution in [1.82, 2.24) is 9.80 Å². The Kier molecular flexibility index (Phi) is 4.61. The van der Waals surface area contributed by atoms with E-state index < -0.39 is 0 Å². The molecule has 2 aromatic heterocycles. The van der Waals surface area contributed by atoms with Gasteiger partial charge in [0.05, 0.1) is 11.1 Å². The molecule has 2 aromatic rings. The zero-order valence-electron chi connectivity index (χ0n) is 16.5. The Bertz CT molecular complexity index is 960. The van der Waals surface area contributed by atoms with Gasteiger partial charge in [-0.1, -0.05) is 0 Å². The number of fused-ring (bicyclic) bond motifs is 1. The highest BCUT2D eigenvalue weighted by atomic mass is 16.4. The SMILES string of the molecule is Cc1cc(C(=O)N2CCN(C(=O)c3oc4c(c3C)C(=O)CCC4)CC2)c(C)o1. The fraction of sp³-hybridized carbons (Fsp3) is 0.476. The molecule has 1 aliphatic carbocycles. The highest BCUT2D eigenvalue weighted by molar-refractivity contribution is 6.03. The third kappa shape index (κ3) is 3.04. The second-order valence-electron chi connectivity index (χ2n) is 7.54. The Hall–Kier alpha value is -2.83. The van der Waals surface area contributed by atoms with Gasteiger partial charge in [-0.25, -0.2) is 0 Å². The van der Waals surface area contributed by atoms with Crippen LogP contribution in [0.2, 0.25) is 0 Å². The lowest BCUT2D eigenvalue weighted by Gasteiger charge is -2.34. The first-order valence-corrected chi connectivity index (χ1v) is 9.68. The molecule has 4 rings (SSSR count). The molecule has 0 unspecified atom stereocenters. The van der Waals surface area contributed by atoms with Crippen LogP contribution in [0.25, 0.3) is 0 Å². The summed E-state index contributed by atoms with van der Waals surface area (Å²) < 4.78 is 11.2. The summed E-state index contributed by atoms with van der Waals surface area (Å²) >= 11 is 0. The summed E-state index contributed by atoms with van der Waals surface area (Å²) in [6, 6.07) is 1.75. The smallest absolute Gasteiger partial charge is 0.289 e. The summed E-state index contributed by atoms with van der Waals surface area (Å²) in [6.07, 6.45) is 1.97. The van der Waals surface area contributed by atoms with E-state index in [0.717, 1.165) is 6.42 Å². The number of hydrogen-bond acceptors (Lipinski definition) is 5. The van der Waals surface area contributed by atoms with Gasteiger partial charge in [0.1, 0.15) is 17.3 Å². The Morgan fingerprint density at radius 2 is 1.57 bits per heavy atom. The lowest BCUT2D eigenvalue weighted by atomic mass is 9.94. The highest BCUT2D eigenvalue weighted by Gasteiger charge is 2.33. The standard InChI is InChI=1S/C21H24N2O5/c1-12-11-15(14(3)27-12)20(25)22-7-9-23(10-8-22)21(26)19-13(2)18-16(24)5-4-6-17(18)28-19/h11H,4-10H2,1-3H3. The number of carbonyl (C=O) groups excluding carboxylic acids is 3. The summed E-state index contributed by atoms with van der Waals surface area (Å²) in [5.74, 6) is 2.00. The Labute approximate surface area is 163 Å². The van der Waals surface area contributed by atoms with Crippen molar-refractivity contribution in [1.29, 1.82) is 0 Å². The summed E-state index contributed by atoms with van der Waals surface area (Å²) in [5.41, 5.74) is 1.81.